The van der Waals surface area contributed by atoms with Gasteiger partial charge in [-0.1, -0.05) is 57.5 Å². The van der Waals surface area contributed by atoms with Crippen LogP contribution >= 0.6 is 0 Å². The van der Waals surface area contributed by atoms with E-state index in [0.717, 1.165) is 24.8 Å². The highest BCUT2D eigenvalue weighted by atomic mass is 16.3. The highest BCUT2D eigenvalue weighted by molar-refractivity contribution is 5.22. The Hall–Kier alpha value is -0.860. The van der Waals surface area contributed by atoms with Crippen molar-refractivity contribution in [2.75, 3.05) is 0 Å². The van der Waals surface area contributed by atoms with E-state index in [2.05, 4.69) is 20.8 Å². The van der Waals surface area contributed by atoms with Crippen LogP contribution in [0.3, 0.4) is 0 Å². The zero-order chi connectivity index (χ0) is 16.9. The van der Waals surface area contributed by atoms with Crippen LogP contribution in [0.4, 0.5) is 0 Å². The molecule has 23 heavy (non-hydrogen) atoms. The number of hydrogen-bond donors (Lipinski definition) is 2. The Morgan fingerprint density at radius 2 is 1.65 bits per heavy atom. The minimum absolute atomic E-state index is 0.0151. The van der Waals surface area contributed by atoms with Crippen molar-refractivity contribution in [3.8, 4) is 0 Å². The van der Waals surface area contributed by atoms with Crippen molar-refractivity contribution < 1.29 is 10.2 Å². The maximum Gasteiger partial charge on any atom is 0.0850 e. The first kappa shape index (κ1) is 17.0. The molecule has 0 saturated heterocycles. The number of fused-ring (bicyclic) bond motifs is 1. The Kier molecular flexibility index (Phi) is 4.13. The van der Waals surface area contributed by atoms with Gasteiger partial charge < -0.3 is 10.2 Å². The summed E-state index contributed by atoms with van der Waals surface area (Å²) >= 11 is 0. The molecule has 0 radical (unpaired) electrons. The molecule has 3 rings (SSSR count). The average Bonchev–Trinajstić information content (AvgIpc) is 2.45. The monoisotopic (exact) mass is 316 g/mol. The summed E-state index contributed by atoms with van der Waals surface area (Å²) in [5, 5.41) is 22.4. The van der Waals surface area contributed by atoms with Crippen LogP contribution in [0, 0.1) is 22.7 Å². The highest BCUT2D eigenvalue weighted by Gasteiger charge is 2.60. The lowest BCUT2D eigenvalue weighted by atomic mass is 9.44. The van der Waals surface area contributed by atoms with Crippen LogP contribution in [-0.2, 0) is 0 Å². The number of rotatable bonds is 2. The number of hydrogen-bond acceptors (Lipinski definition) is 2. The number of aliphatic hydroxyl groups is 2. The minimum atomic E-state index is -0.812. The van der Waals surface area contributed by atoms with Gasteiger partial charge in [0, 0.05) is 5.92 Å². The fraction of sp³-hybridized carbons (Fsp3) is 0.714. The van der Waals surface area contributed by atoms with E-state index in [1.54, 1.807) is 0 Å². The van der Waals surface area contributed by atoms with E-state index >= 15 is 0 Å². The molecule has 0 spiro atoms. The molecule has 2 aliphatic rings. The van der Waals surface area contributed by atoms with E-state index in [9.17, 15) is 10.2 Å². The molecule has 1 unspecified atom stereocenters. The summed E-state index contributed by atoms with van der Waals surface area (Å²) in [7, 11) is 0. The first-order valence-corrected chi connectivity index (χ1v) is 9.14. The second kappa shape index (κ2) is 5.60. The maximum absolute atomic E-state index is 11.2. The van der Waals surface area contributed by atoms with E-state index in [0.29, 0.717) is 5.92 Å². The summed E-state index contributed by atoms with van der Waals surface area (Å²) in [5.41, 5.74) is 0.396. The summed E-state index contributed by atoms with van der Waals surface area (Å²) in [6.07, 6.45) is 4.79. The summed E-state index contributed by atoms with van der Waals surface area (Å²) in [4.78, 5) is 0. The van der Waals surface area contributed by atoms with Crippen molar-refractivity contribution in [2.24, 2.45) is 22.7 Å². The number of benzene rings is 1. The molecule has 1 aromatic rings. The van der Waals surface area contributed by atoms with E-state index in [1.165, 1.54) is 12.8 Å². The van der Waals surface area contributed by atoms with Gasteiger partial charge in [0.05, 0.1) is 11.7 Å². The zero-order valence-corrected chi connectivity index (χ0v) is 15.0. The predicted octanol–water partition coefficient (Wildman–Crippen LogP) is 4.71. The van der Waals surface area contributed by atoms with Crippen molar-refractivity contribution in [1.29, 1.82) is 0 Å². The molecule has 2 saturated carbocycles. The summed E-state index contributed by atoms with van der Waals surface area (Å²) in [6, 6.07) is 9.90. The third-order valence-electron chi connectivity index (χ3n) is 7.05. The summed E-state index contributed by atoms with van der Waals surface area (Å²) in [6.45, 7) is 9.01. The molecule has 1 aromatic carbocycles. The largest absolute Gasteiger partial charge is 0.390 e. The zero-order valence-electron chi connectivity index (χ0n) is 15.0. The highest BCUT2D eigenvalue weighted by Crippen LogP contribution is 2.64. The Morgan fingerprint density at radius 1 is 1.00 bits per heavy atom. The molecule has 5 atom stereocenters. The second-order valence-corrected chi connectivity index (χ2v) is 9.13. The van der Waals surface area contributed by atoms with Crippen molar-refractivity contribution in [1.82, 2.24) is 0 Å². The van der Waals surface area contributed by atoms with E-state index in [4.69, 9.17) is 0 Å². The van der Waals surface area contributed by atoms with Crippen molar-refractivity contribution in [3.05, 3.63) is 35.9 Å². The predicted molar refractivity (Wildman–Crippen MR) is 94.0 cm³/mol. The first-order valence-electron chi connectivity index (χ1n) is 9.14. The van der Waals surface area contributed by atoms with Gasteiger partial charge in [0.15, 0.2) is 0 Å². The van der Waals surface area contributed by atoms with Crippen LogP contribution in [-0.4, -0.2) is 15.8 Å². The van der Waals surface area contributed by atoms with Crippen LogP contribution < -0.4 is 0 Å². The van der Waals surface area contributed by atoms with Crippen molar-refractivity contribution in [2.45, 2.75) is 71.5 Å². The SMILES string of the molecule is CC1(C)CCC[C@]2(C)[C@@H](C(O)c3ccccc3)[C@@](C)(O)CC[C@@H]12. The number of aliphatic hydroxyl groups excluding tert-OH is 1. The summed E-state index contributed by atoms with van der Waals surface area (Å²) < 4.78 is 0. The van der Waals surface area contributed by atoms with Gasteiger partial charge in [-0.2, -0.15) is 0 Å². The molecule has 2 aliphatic carbocycles. The van der Waals surface area contributed by atoms with Gasteiger partial charge in [-0.25, -0.2) is 0 Å². The van der Waals surface area contributed by atoms with Crippen molar-refractivity contribution >= 4 is 0 Å². The Labute approximate surface area is 140 Å². The van der Waals surface area contributed by atoms with Crippen LogP contribution in [0.1, 0.15) is 71.5 Å². The normalized spacial score (nSPS) is 41.1. The van der Waals surface area contributed by atoms with Gasteiger partial charge in [0.25, 0.3) is 0 Å². The molecule has 128 valence electrons. The van der Waals surface area contributed by atoms with Crippen LogP contribution in [0.15, 0.2) is 30.3 Å². The van der Waals surface area contributed by atoms with E-state index < -0.39 is 11.7 Å². The molecular formula is C21H32O2. The maximum atomic E-state index is 11.2. The summed E-state index contributed by atoms with van der Waals surface area (Å²) in [5.74, 6) is 0.447. The lowest BCUT2D eigenvalue weighted by Gasteiger charge is -2.62. The van der Waals surface area contributed by atoms with Gasteiger partial charge in [-0.3, -0.25) is 0 Å². The topological polar surface area (TPSA) is 40.5 Å². The second-order valence-electron chi connectivity index (χ2n) is 9.13. The Balaban J connectivity index is 2.03. The standard InChI is InChI=1S/C21H32O2/c1-19(2)12-8-13-20(3)16(19)11-14-21(4,23)18(20)17(22)15-9-6-5-7-10-15/h5-7,9-10,16-18,22-23H,8,11-14H2,1-4H3/t16-,17?,18+,20-,21-/m0/s1. The minimum Gasteiger partial charge on any atom is -0.390 e. The molecule has 2 nitrogen and oxygen atoms in total. The molecule has 2 fully saturated rings. The van der Waals surface area contributed by atoms with Crippen molar-refractivity contribution in [3.63, 3.8) is 0 Å². The fourth-order valence-corrected chi connectivity index (χ4v) is 6.10. The van der Waals surface area contributed by atoms with Gasteiger partial charge >= 0.3 is 0 Å². The lowest BCUT2D eigenvalue weighted by molar-refractivity contribution is -0.200. The Bertz CT molecular complexity index is 548. The molecule has 0 bridgehead atoms. The third kappa shape index (κ3) is 2.74. The molecule has 0 aromatic heterocycles. The fourth-order valence-electron chi connectivity index (χ4n) is 6.10. The Morgan fingerprint density at radius 3 is 2.30 bits per heavy atom. The van der Waals surface area contributed by atoms with Gasteiger partial charge in [0.1, 0.15) is 0 Å². The van der Waals surface area contributed by atoms with Gasteiger partial charge in [0.2, 0.25) is 0 Å². The van der Waals surface area contributed by atoms with E-state index in [1.807, 2.05) is 37.3 Å². The average molecular weight is 316 g/mol. The van der Waals surface area contributed by atoms with Crippen LogP contribution in [0.5, 0.6) is 0 Å². The van der Waals surface area contributed by atoms with Gasteiger partial charge in [-0.05, 0) is 54.9 Å². The molecular weight excluding hydrogens is 284 g/mol. The third-order valence-corrected chi connectivity index (χ3v) is 7.05. The quantitative estimate of drug-likeness (QED) is 0.829. The van der Waals surface area contributed by atoms with Gasteiger partial charge in [-0.15, -0.1) is 0 Å². The van der Waals surface area contributed by atoms with Crippen LogP contribution in [0.25, 0.3) is 0 Å². The smallest absolute Gasteiger partial charge is 0.0850 e. The molecule has 0 aliphatic heterocycles. The first-order chi connectivity index (χ1) is 10.7. The molecule has 2 N–H and O–H groups in total. The molecule has 2 heteroatoms. The molecule has 0 amide bonds. The lowest BCUT2D eigenvalue weighted by Crippen LogP contribution is -2.59. The van der Waals surface area contributed by atoms with E-state index in [-0.39, 0.29) is 16.7 Å². The molecule has 0 heterocycles. The van der Waals surface area contributed by atoms with Crippen LogP contribution in [0.2, 0.25) is 0 Å².